The highest BCUT2D eigenvalue weighted by Gasteiger charge is 2.21. The van der Waals surface area contributed by atoms with E-state index < -0.39 is 0 Å². The number of hydrogen-bond acceptors (Lipinski definition) is 4. The highest BCUT2D eigenvalue weighted by Crippen LogP contribution is 2.39. The molecule has 0 aliphatic heterocycles. The molecule has 5 heteroatoms. The molecule has 0 spiro atoms. The SMILES string of the molecule is Fc1ccccc1Nc1nc(Cc2ccccc2)nc2sc3c(c12)CCCC3. The van der Waals surface area contributed by atoms with Gasteiger partial charge in [0.25, 0.3) is 0 Å². The zero-order valence-electron chi connectivity index (χ0n) is 15.4. The van der Waals surface area contributed by atoms with Crippen molar-refractivity contribution in [3.05, 3.63) is 82.2 Å². The van der Waals surface area contributed by atoms with Gasteiger partial charge in [0.15, 0.2) is 0 Å². The maximum atomic E-state index is 14.3. The second kappa shape index (κ2) is 7.32. The number of halogens is 1. The Labute approximate surface area is 167 Å². The van der Waals surface area contributed by atoms with Crippen LogP contribution in [-0.2, 0) is 19.3 Å². The number of nitrogens with one attached hydrogen (secondary N) is 1. The molecule has 1 aliphatic carbocycles. The summed E-state index contributed by atoms with van der Waals surface area (Å²) in [5, 5.41) is 4.33. The summed E-state index contributed by atoms with van der Waals surface area (Å²) in [6.45, 7) is 0. The third-order valence-corrected chi connectivity index (χ3v) is 6.38. The second-order valence-corrected chi connectivity index (χ2v) is 8.23. The van der Waals surface area contributed by atoms with Crippen LogP contribution in [0.3, 0.4) is 0 Å². The van der Waals surface area contributed by atoms with Crippen molar-refractivity contribution in [2.75, 3.05) is 5.32 Å². The summed E-state index contributed by atoms with van der Waals surface area (Å²) in [5.41, 5.74) is 2.96. The van der Waals surface area contributed by atoms with Gasteiger partial charge in [-0.25, -0.2) is 14.4 Å². The molecule has 0 saturated heterocycles. The summed E-state index contributed by atoms with van der Waals surface area (Å²) < 4.78 is 14.3. The Morgan fingerprint density at radius 1 is 0.929 bits per heavy atom. The standard InChI is InChI=1S/C23H20FN3S/c24-17-11-5-6-12-18(17)25-22-21-16-10-4-7-13-19(16)28-23(21)27-20(26-22)14-15-8-2-1-3-9-15/h1-3,5-6,8-9,11-12H,4,7,10,13-14H2,(H,25,26,27). The Hall–Kier alpha value is -2.79. The van der Waals surface area contributed by atoms with Gasteiger partial charge in [-0.15, -0.1) is 11.3 Å². The van der Waals surface area contributed by atoms with Crippen LogP contribution in [0.25, 0.3) is 10.2 Å². The molecule has 0 amide bonds. The van der Waals surface area contributed by atoms with Gasteiger partial charge in [-0.1, -0.05) is 42.5 Å². The molecule has 0 saturated carbocycles. The first-order chi connectivity index (χ1) is 13.8. The Balaban J connectivity index is 1.64. The maximum Gasteiger partial charge on any atom is 0.146 e. The van der Waals surface area contributed by atoms with Gasteiger partial charge in [-0.2, -0.15) is 0 Å². The van der Waals surface area contributed by atoms with E-state index in [1.54, 1.807) is 23.5 Å². The Kier molecular flexibility index (Phi) is 4.53. The number of thiophene rings is 1. The molecule has 1 aliphatic rings. The molecule has 140 valence electrons. The van der Waals surface area contributed by atoms with Crippen molar-refractivity contribution in [2.24, 2.45) is 0 Å². The highest BCUT2D eigenvalue weighted by molar-refractivity contribution is 7.19. The largest absolute Gasteiger partial charge is 0.337 e. The normalized spacial score (nSPS) is 13.5. The number of rotatable bonds is 4. The summed E-state index contributed by atoms with van der Waals surface area (Å²) in [5.74, 6) is 1.21. The molecule has 0 unspecified atom stereocenters. The molecule has 0 radical (unpaired) electrons. The van der Waals surface area contributed by atoms with Crippen LogP contribution in [0.4, 0.5) is 15.9 Å². The second-order valence-electron chi connectivity index (χ2n) is 7.15. The van der Waals surface area contributed by atoms with Gasteiger partial charge in [0.1, 0.15) is 22.3 Å². The van der Waals surface area contributed by atoms with Crippen molar-refractivity contribution in [2.45, 2.75) is 32.1 Å². The van der Waals surface area contributed by atoms with Crippen molar-refractivity contribution in [3.63, 3.8) is 0 Å². The van der Waals surface area contributed by atoms with Crippen LogP contribution in [-0.4, -0.2) is 9.97 Å². The minimum Gasteiger partial charge on any atom is -0.337 e. The number of nitrogens with zero attached hydrogens (tertiary/aromatic N) is 2. The maximum absolute atomic E-state index is 14.3. The lowest BCUT2D eigenvalue weighted by Crippen LogP contribution is -2.05. The average Bonchev–Trinajstić information content (AvgIpc) is 3.09. The van der Waals surface area contributed by atoms with E-state index in [2.05, 4.69) is 17.4 Å². The molecule has 2 aromatic carbocycles. The first kappa shape index (κ1) is 17.3. The van der Waals surface area contributed by atoms with E-state index in [0.29, 0.717) is 12.1 Å². The molecular formula is C23H20FN3S. The smallest absolute Gasteiger partial charge is 0.146 e. The monoisotopic (exact) mass is 389 g/mol. The van der Waals surface area contributed by atoms with E-state index in [1.807, 2.05) is 24.3 Å². The molecule has 4 aromatic rings. The van der Waals surface area contributed by atoms with Gasteiger partial charge in [0, 0.05) is 11.3 Å². The van der Waals surface area contributed by atoms with Crippen molar-refractivity contribution in [1.82, 2.24) is 9.97 Å². The van der Waals surface area contributed by atoms with Gasteiger partial charge in [-0.3, -0.25) is 0 Å². The summed E-state index contributed by atoms with van der Waals surface area (Å²) in [7, 11) is 0. The Morgan fingerprint density at radius 2 is 1.71 bits per heavy atom. The van der Waals surface area contributed by atoms with Crippen LogP contribution in [0, 0.1) is 5.82 Å². The fourth-order valence-corrected chi connectivity index (χ4v) is 5.12. The average molecular weight is 389 g/mol. The van der Waals surface area contributed by atoms with E-state index in [0.717, 1.165) is 34.7 Å². The Bertz CT molecular complexity index is 1140. The summed E-state index contributed by atoms with van der Waals surface area (Å²) in [6.07, 6.45) is 5.21. The predicted molar refractivity (Wildman–Crippen MR) is 113 cm³/mol. The minimum absolute atomic E-state index is 0.275. The number of benzene rings is 2. The summed E-state index contributed by atoms with van der Waals surface area (Å²) in [4.78, 5) is 12.1. The van der Waals surface area contributed by atoms with Crippen LogP contribution < -0.4 is 5.32 Å². The first-order valence-electron chi connectivity index (χ1n) is 9.64. The quantitative estimate of drug-likeness (QED) is 0.462. The van der Waals surface area contributed by atoms with Gasteiger partial charge >= 0.3 is 0 Å². The molecule has 1 N–H and O–H groups in total. The van der Waals surface area contributed by atoms with Crippen LogP contribution >= 0.6 is 11.3 Å². The summed E-state index contributed by atoms with van der Waals surface area (Å²) in [6, 6.07) is 17.0. The lowest BCUT2D eigenvalue weighted by Gasteiger charge is -2.14. The van der Waals surface area contributed by atoms with E-state index >= 15 is 0 Å². The molecule has 0 atom stereocenters. The van der Waals surface area contributed by atoms with E-state index in [9.17, 15) is 4.39 Å². The number of hydrogen-bond donors (Lipinski definition) is 1. The number of aromatic nitrogens is 2. The lowest BCUT2D eigenvalue weighted by molar-refractivity contribution is 0.632. The fraction of sp³-hybridized carbons (Fsp3) is 0.217. The van der Waals surface area contributed by atoms with Gasteiger partial charge < -0.3 is 5.32 Å². The zero-order valence-corrected chi connectivity index (χ0v) is 16.2. The number of anilines is 2. The van der Waals surface area contributed by atoms with Crippen molar-refractivity contribution >= 4 is 33.1 Å². The van der Waals surface area contributed by atoms with Gasteiger partial charge in [0.2, 0.25) is 0 Å². The lowest BCUT2D eigenvalue weighted by atomic mass is 9.97. The molecule has 28 heavy (non-hydrogen) atoms. The minimum atomic E-state index is -0.275. The molecule has 2 heterocycles. The molecular weight excluding hydrogens is 369 g/mol. The van der Waals surface area contributed by atoms with Crippen LogP contribution in [0.2, 0.25) is 0 Å². The van der Waals surface area contributed by atoms with E-state index in [-0.39, 0.29) is 5.82 Å². The third-order valence-electron chi connectivity index (χ3n) is 5.19. The topological polar surface area (TPSA) is 37.8 Å². The zero-order chi connectivity index (χ0) is 18.9. The summed E-state index contributed by atoms with van der Waals surface area (Å²) >= 11 is 1.77. The fourth-order valence-electron chi connectivity index (χ4n) is 3.84. The van der Waals surface area contributed by atoms with Crippen LogP contribution in [0.15, 0.2) is 54.6 Å². The third kappa shape index (κ3) is 3.27. The van der Waals surface area contributed by atoms with E-state index in [4.69, 9.17) is 9.97 Å². The Morgan fingerprint density at radius 3 is 2.57 bits per heavy atom. The highest BCUT2D eigenvalue weighted by atomic mass is 32.1. The van der Waals surface area contributed by atoms with Crippen LogP contribution in [0.5, 0.6) is 0 Å². The molecule has 2 aromatic heterocycles. The van der Waals surface area contributed by atoms with Crippen molar-refractivity contribution in [3.8, 4) is 0 Å². The molecule has 3 nitrogen and oxygen atoms in total. The van der Waals surface area contributed by atoms with Crippen molar-refractivity contribution < 1.29 is 4.39 Å². The van der Waals surface area contributed by atoms with Crippen LogP contribution in [0.1, 0.15) is 34.7 Å². The van der Waals surface area contributed by atoms with Gasteiger partial charge in [0.05, 0.1) is 11.1 Å². The number of fused-ring (bicyclic) bond motifs is 3. The first-order valence-corrected chi connectivity index (χ1v) is 10.5. The van der Waals surface area contributed by atoms with E-state index in [1.165, 1.54) is 34.9 Å². The molecule has 5 rings (SSSR count). The van der Waals surface area contributed by atoms with Gasteiger partial charge in [-0.05, 0) is 48.9 Å². The van der Waals surface area contributed by atoms with Crippen molar-refractivity contribution in [1.29, 1.82) is 0 Å². The molecule has 0 bridgehead atoms. The number of aryl methyl sites for hydroxylation is 2. The predicted octanol–water partition coefficient (Wildman–Crippen LogP) is 6.04. The molecule has 0 fully saturated rings. The number of para-hydroxylation sites is 1.